The highest BCUT2D eigenvalue weighted by Gasteiger charge is 2.39. The minimum atomic E-state index is -4.53. The van der Waals surface area contributed by atoms with Crippen molar-refractivity contribution in [3.63, 3.8) is 0 Å². The van der Waals surface area contributed by atoms with Gasteiger partial charge in [-0.05, 0) is 44.5 Å². The number of amides is 1. The molecular weight excluding hydrogens is 511 g/mol. The van der Waals surface area contributed by atoms with Gasteiger partial charge in [0.15, 0.2) is 5.69 Å². The lowest BCUT2D eigenvalue weighted by Crippen LogP contribution is -2.58. The number of nitrogens with zero attached hydrogens (tertiary/aromatic N) is 6. The minimum Gasteiger partial charge on any atom is -0.372 e. The first-order chi connectivity index (χ1) is 17.8. The van der Waals surface area contributed by atoms with E-state index in [1.54, 1.807) is 13.8 Å². The Kier molecular flexibility index (Phi) is 7.38. The molecule has 3 unspecified atom stereocenters. The number of aryl methyl sites for hydroxylation is 1. The van der Waals surface area contributed by atoms with E-state index >= 15 is 0 Å². The Balaban J connectivity index is 1.66. The van der Waals surface area contributed by atoms with Crippen LogP contribution in [-0.2, 0) is 16.9 Å². The van der Waals surface area contributed by atoms with Gasteiger partial charge in [0.2, 0.25) is 0 Å². The molecule has 0 radical (unpaired) electrons. The molecule has 1 aliphatic rings. The topological polar surface area (TPSA) is 159 Å². The predicted octanol–water partition coefficient (Wildman–Crippen LogP) is 1.20. The lowest BCUT2D eigenvalue weighted by molar-refractivity contribution is -0.326. The second kappa shape index (κ2) is 10.2. The molecule has 4 heterocycles. The number of hydrogen-bond acceptors (Lipinski definition) is 10. The summed E-state index contributed by atoms with van der Waals surface area (Å²) >= 11 is 0. The van der Waals surface area contributed by atoms with Crippen LogP contribution in [0.3, 0.4) is 0 Å². The SMILES string of the molecule is Cc1cc(C(F)(F)F)cnc1NCC1C(C)OC(C)CN1C(=O)c1nc(C(O)(O)O)ccc1-n1nccn1. The average molecular weight is 537 g/mol. The molecule has 204 valence electrons. The van der Waals surface area contributed by atoms with E-state index in [9.17, 15) is 33.3 Å². The van der Waals surface area contributed by atoms with Gasteiger partial charge in [0, 0.05) is 19.3 Å². The number of ether oxygens (including phenoxy) is 1. The first-order valence-electron chi connectivity index (χ1n) is 11.5. The zero-order valence-corrected chi connectivity index (χ0v) is 20.6. The highest BCUT2D eigenvalue weighted by Crippen LogP contribution is 2.31. The van der Waals surface area contributed by atoms with Gasteiger partial charge in [0.1, 0.15) is 17.2 Å². The molecule has 38 heavy (non-hydrogen) atoms. The van der Waals surface area contributed by atoms with Gasteiger partial charge in [0.05, 0.1) is 36.2 Å². The van der Waals surface area contributed by atoms with E-state index in [0.717, 1.165) is 23.1 Å². The quantitative estimate of drug-likeness (QED) is 0.337. The molecule has 0 aliphatic carbocycles. The average Bonchev–Trinajstić information content (AvgIpc) is 3.36. The zero-order chi connectivity index (χ0) is 27.8. The molecule has 4 rings (SSSR count). The Bertz CT molecular complexity index is 1300. The van der Waals surface area contributed by atoms with Crippen molar-refractivity contribution >= 4 is 11.7 Å². The maximum absolute atomic E-state index is 13.9. The van der Waals surface area contributed by atoms with Crippen molar-refractivity contribution in [3.05, 3.63) is 59.3 Å². The number of aliphatic hydroxyl groups is 3. The number of carbonyl (C=O) groups is 1. The summed E-state index contributed by atoms with van der Waals surface area (Å²) in [5.74, 6) is -3.73. The third-order valence-electron chi connectivity index (χ3n) is 6.04. The summed E-state index contributed by atoms with van der Waals surface area (Å²) in [5, 5.41) is 40.0. The van der Waals surface area contributed by atoms with Crippen LogP contribution in [0.1, 0.15) is 41.2 Å². The van der Waals surface area contributed by atoms with Crippen molar-refractivity contribution in [2.45, 2.75) is 51.2 Å². The van der Waals surface area contributed by atoms with Gasteiger partial charge in [0.25, 0.3) is 5.91 Å². The third kappa shape index (κ3) is 5.75. The van der Waals surface area contributed by atoms with Crippen LogP contribution < -0.4 is 5.32 Å². The molecule has 1 fully saturated rings. The van der Waals surface area contributed by atoms with E-state index in [-0.39, 0.29) is 42.0 Å². The van der Waals surface area contributed by atoms with Crippen LogP contribution in [0.5, 0.6) is 0 Å². The summed E-state index contributed by atoms with van der Waals surface area (Å²) in [7, 11) is 0. The van der Waals surface area contributed by atoms with Crippen LogP contribution in [0.2, 0.25) is 0 Å². The van der Waals surface area contributed by atoms with Gasteiger partial charge in [-0.25, -0.2) is 9.97 Å². The van der Waals surface area contributed by atoms with Gasteiger partial charge in [-0.2, -0.15) is 23.4 Å². The summed E-state index contributed by atoms with van der Waals surface area (Å²) in [6.07, 6.45) is -1.93. The molecule has 3 aromatic rings. The lowest BCUT2D eigenvalue weighted by atomic mass is 10.0. The summed E-state index contributed by atoms with van der Waals surface area (Å²) in [6, 6.07) is 2.76. The number of carbonyl (C=O) groups excluding carboxylic acids is 1. The van der Waals surface area contributed by atoms with Gasteiger partial charge in [-0.15, -0.1) is 4.80 Å². The van der Waals surface area contributed by atoms with Gasteiger partial charge in [-0.3, -0.25) is 4.79 Å². The van der Waals surface area contributed by atoms with Crippen molar-refractivity contribution in [1.29, 1.82) is 0 Å². The lowest BCUT2D eigenvalue weighted by Gasteiger charge is -2.43. The van der Waals surface area contributed by atoms with Crippen LogP contribution in [-0.4, -0.2) is 82.4 Å². The number of anilines is 1. The monoisotopic (exact) mass is 537 g/mol. The number of morpholine rings is 1. The molecule has 0 aromatic carbocycles. The number of halogens is 3. The number of aromatic nitrogens is 5. The highest BCUT2D eigenvalue weighted by molar-refractivity contribution is 5.96. The summed E-state index contributed by atoms with van der Waals surface area (Å²) < 4.78 is 45.0. The fourth-order valence-corrected chi connectivity index (χ4v) is 4.23. The number of alkyl halides is 3. The Morgan fingerprint density at radius 1 is 1.18 bits per heavy atom. The number of pyridine rings is 2. The maximum atomic E-state index is 13.9. The number of hydrogen-bond donors (Lipinski definition) is 4. The molecule has 4 N–H and O–H groups in total. The van der Waals surface area contributed by atoms with Crippen LogP contribution >= 0.6 is 0 Å². The summed E-state index contributed by atoms with van der Waals surface area (Å²) in [4.78, 5) is 24.3. The van der Waals surface area contributed by atoms with E-state index < -0.39 is 41.5 Å². The normalized spacial score (nSPS) is 20.4. The molecular formula is C23H26F3N7O5. The van der Waals surface area contributed by atoms with Crippen LogP contribution in [0, 0.1) is 6.92 Å². The van der Waals surface area contributed by atoms with Crippen LogP contribution in [0.25, 0.3) is 5.69 Å². The summed E-state index contributed by atoms with van der Waals surface area (Å²) in [6.45, 7) is 5.19. The van der Waals surface area contributed by atoms with Crippen molar-refractivity contribution in [2.24, 2.45) is 0 Å². The Morgan fingerprint density at radius 2 is 1.87 bits per heavy atom. The Labute approximate surface area is 214 Å². The third-order valence-corrected chi connectivity index (χ3v) is 6.04. The fraction of sp³-hybridized carbons (Fsp3) is 0.435. The molecule has 3 aromatic heterocycles. The summed E-state index contributed by atoms with van der Waals surface area (Å²) in [5.41, 5.74) is -1.35. The highest BCUT2D eigenvalue weighted by atomic mass is 19.4. The number of rotatable bonds is 6. The van der Waals surface area contributed by atoms with Gasteiger partial charge in [-0.1, -0.05) is 0 Å². The van der Waals surface area contributed by atoms with Crippen molar-refractivity contribution in [2.75, 3.05) is 18.4 Å². The van der Waals surface area contributed by atoms with Crippen LogP contribution in [0.4, 0.5) is 19.0 Å². The largest absolute Gasteiger partial charge is 0.417 e. The first-order valence-corrected chi connectivity index (χ1v) is 11.5. The van der Waals surface area contributed by atoms with E-state index in [1.165, 1.54) is 30.3 Å². The molecule has 12 nitrogen and oxygen atoms in total. The maximum Gasteiger partial charge on any atom is 0.417 e. The van der Waals surface area contributed by atoms with Gasteiger partial charge < -0.3 is 30.3 Å². The first kappa shape index (κ1) is 27.4. The van der Waals surface area contributed by atoms with Crippen molar-refractivity contribution < 1.29 is 38.0 Å². The molecule has 0 saturated carbocycles. The molecule has 0 spiro atoms. The fourth-order valence-electron chi connectivity index (χ4n) is 4.23. The standard InChI is InChI=1S/C23H26F3N7O5/c1-12-8-15(22(24,25)26)9-27-20(12)28-10-17-14(3)38-13(2)11-32(17)21(34)19-16(33-29-6-7-30-33)4-5-18(31-19)23(35,36)37/h4-9,13-14,17,35-37H,10-11H2,1-3H3,(H,27,28). The molecule has 1 saturated heterocycles. The molecule has 0 bridgehead atoms. The van der Waals surface area contributed by atoms with Crippen molar-refractivity contribution in [3.8, 4) is 5.69 Å². The molecule has 1 aliphatic heterocycles. The molecule has 1 amide bonds. The number of nitrogens with one attached hydrogen (secondary N) is 1. The smallest absolute Gasteiger partial charge is 0.372 e. The van der Waals surface area contributed by atoms with Crippen LogP contribution in [0.15, 0.2) is 36.8 Å². The van der Waals surface area contributed by atoms with E-state index in [2.05, 4.69) is 25.5 Å². The predicted molar refractivity (Wildman–Crippen MR) is 125 cm³/mol. The van der Waals surface area contributed by atoms with E-state index in [4.69, 9.17) is 4.74 Å². The minimum absolute atomic E-state index is 0.0673. The Hall–Kier alpha value is -3.66. The Morgan fingerprint density at radius 3 is 2.47 bits per heavy atom. The molecule has 3 atom stereocenters. The second-order valence-corrected chi connectivity index (χ2v) is 8.96. The molecule has 15 heteroatoms. The van der Waals surface area contributed by atoms with E-state index in [0.29, 0.717) is 0 Å². The zero-order valence-electron chi connectivity index (χ0n) is 20.6. The van der Waals surface area contributed by atoms with Crippen molar-refractivity contribution in [1.82, 2.24) is 29.9 Å². The van der Waals surface area contributed by atoms with E-state index in [1.807, 2.05) is 0 Å². The van der Waals surface area contributed by atoms with Gasteiger partial charge >= 0.3 is 12.1 Å². The second-order valence-electron chi connectivity index (χ2n) is 8.96.